The van der Waals surface area contributed by atoms with Crippen molar-refractivity contribution < 1.29 is 19.4 Å². The molecule has 0 aliphatic rings. The van der Waals surface area contributed by atoms with Gasteiger partial charge in [-0.1, -0.05) is 0 Å². The highest BCUT2D eigenvalue weighted by molar-refractivity contribution is 5.81. The van der Waals surface area contributed by atoms with Crippen molar-refractivity contribution in [2.45, 2.75) is 25.4 Å². The summed E-state index contributed by atoms with van der Waals surface area (Å²) in [7, 11) is 1.20. The van der Waals surface area contributed by atoms with Gasteiger partial charge in [-0.3, -0.25) is 9.59 Å². The first-order valence-corrected chi connectivity index (χ1v) is 3.73. The Labute approximate surface area is 75.9 Å². The van der Waals surface area contributed by atoms with Crippen LogP contribution in [0.1, 0.15) is 19.3 Å². The fourth-order valence-electron chi connectivity index (χ4n) is 0.771. The van der Waals surface area contributed by atoms with Gasteiger partial charge in [-0.15, -0.1) is 0 Å². The molecule has 5 heteroatoms. The Hall–Kier alpha value is -1.41. The molecule has 1 atom stereocenters. The quantitative estimate of drug-likeness (QED) is 0.598. The van der Waals surface area contributed by atoms with Gasteiger partial charge in [0.15, 0.2) is 0 Å². The molecule has 0 spiro atoms. The largest absolute Gasteiger partial charge is 0.469 e. The van der Waals surface area contributed by atoms with Gasteiger partial charge < -0.3 is 9.84 Å². The number of aliphatic hydroxyl groups is 1. The van der Waals surface area contributed by atoms with Crippen molar-refractivity contribution in [2.24, 2.45) is 0 Å². The highest BCUT2D eigenvalue weighted by Crippen LogP contribution is 2.01. The Balaban J connectivity index is 3.75. The first kappa shape index (κ1) is 11.6. The van der Waals surface area contributed by atoms with Crippen LogP contribution in [0.5, 0.6) is 0 Å². The first-order chi connectivity index (χ1) is 6.10. The van der Waals surface area contributed by atoms with Gasteiger partial charge in [0.1, 0.15) is 5.78 Å². The minimum Gasteiger partial charge on any atom is -0.469 e. The Morgan fingerprint density at radius 3 is 2.62 bits per heavy atom. The molecule has 0 aliphatic heterocycles. The monoisotopic (exact) mass is 185 g/mol. The van der Waals surface area contributed by atoms with Gasteiger partial charge in [-0.05, 0) is 0 Å². The third-order valence-corrected chi connectivity index (χ3v) is 1.37. The molecular weight excluding hydrogens is 174 g/mol. The third kappa shape index (κ3) is 5.82. The van der Waals surface area contributed by atoms with Gasteiger partial charge in [0.05, 0.1) is 32.1 Å². The SMILES string of the molecule is COC(=O)C[C@H](O)CC(=O)CC#N. The summed E-state index contributed by atoms with van der Waals surface area (Å²) in [5.41, 5.74) is 0. The van der Waals surface area contributed by atoms with E-state index in [1.807, 2.05) is 0 Å². The zero-order valence-electron chi connectivity index (χ0n) is 7.32. The van der Waals surface area contributed by atoms with E-state index >= 15 is 0 Å². The molecule has 5 nitrogen and oxygen atoms in total. The number of hydrogen-bond donors (Lipinski definition) is 1. The second-order valence-corrected chi connectivity index (χ2v) is 2.51. The number of methoxy groups -OCH3 is 1. The maximum absolute atomic E-state index is 10.8. The number of Topliss-reactive ketones (excluding diaryl/α,β-unsaturated/α-hetero) is 1. The molecule has 0 aliphatic carbocycles. The maximum atomic E-state index is 10.8. The summed E-state index contributed by atoms with van der Waals surface area (Å²) in [4.78, 5) is 21.4. The van der Waals surface area contributed by atoms with E-state index in [0.717, 1.165) is 0 Å². The van der Waals surface area contributed by atoms with Gasteiger partial charge in [0.25, 0.3) is 0 Å². The lowest BCUT2D eigenvalue weighted by Crippen LogP contribution is -2.18. The lowest BCUT2D eigenvalue weighted by atomic mass is 10.1. The summed E-state index contributed by atoms with van der Waals surface area (Å²) in [5, 5.41) is 17.3. The number of rotatable bonds is 5. The third-order valence-electron chi connectivity index (χ3n) is 1.37. The Morgan fingerprint density at radius 2 is 2.15 bits per heavy atom. The summed E-state index contributed by atoms with van der Waals surface area (Å²) >= 11 is 0. The molecule has 0 bridgehead atoms. The van der Waals surface area contributed by atoms with Crippen LogP contribution in [0, 0.1) is 11.3 Å². The van der Waals surface area contributed by atoms with Gasteiger partial charge in [-0.25, -0.2) is 0 Å². The first-order valence-electron chi connectivity index (χ1n) is 3.73. The maximum Gasteiger partial charge on any atom is 0.308 e. The standard InChI is InChI=1S/C8H11NO4/c1-13-8(12)5-7(11)4-6(10)2-3-9/h7,11H,2,4-5H2,1H3/t7-/m1/s1. The van der Waals surface area contributed by atoms with E-state index in [0.29, 0.717) is 0 Å². The Bertz CT molecular complexity index is 231. The second kappa shape index (κ2) is 6.14. The molecular formula is C8H11NO4. The molecule has 0 saturated carbocycles. The zero-order valence-corrected chi connectivity index (χ0v) is 7.32. The minimum absolute atomic E-state index is 0.178. The van der Waals surface area contributed by atoms with Crippen molar-refractivity contribution >= 4 is 11.8 Å². The van der Waals surface area contributed by atoms with E-state index in [4.69, 9.17) is 10.4 Å². The number of nitrogens with zero attached hydrogens (tertiary/aromatic N) is 1. The zero-order chi connectivity index (χ0) is 10.3. The summed E-state index contributed by atoms with van der Waals surface area (Å²) in [6.07, 6.45) is -1.68. The predicted octanol–water partition coefficient (Wildman–Crippen LogP) is -0.217. The number of carbonyl (C=O) groups is 2. The highest BCUT2D eigenvalue weighted by atomic mass is 16.5. The number of ketones is 1. The van der Waals surface area contributed by atoms with E-state index in [1.165, 1.54) is 7.11 Å². The molecule has 0 fully saturated rings. The van der Waals surface area contributed by atoms with Gasteiger partial charge >= 0.3 is 5.97 Å². The number of esters is 1. The van der Waals surface area contributed by atoms with E-state index in [2.05, 4.69) is 4.74 Å². The van der Waals surface area contributed by atoms with E-state index in [9.17, 15) is 9.59 Å². The lowest BCUT2D eigenvalue weighted by Gasteiger charge is -2.06. The van der Waals surface area contributed by atoms with Gasteiger partial charge in [0, 0.05) is 6.42 Å². The van der Waals surface area contributed by atoms with Crippen molar-refractivity contribution in [1.82, 2.24) is 0 Å². The summed E-state index contributed by atoms with van der Waals surface area (Å²) in [5.74, 6) is -0.948. The van der Waals surface area contributed by atoms with Crippen LogP contribution in [-0.4, -0.2) is 30.1 Å². The topological polar surface area (TPSA) is 87.4 Å². The minimum atomic E-state index is -1.05. The highest BCUT2D eigenvalue weighted by Gasteiger charge is 2.14. The molecule has 72 valence electrons. The lowest BCUT2D eigenvalue weighted by molar-refractivity contribution is -0.143. The summed E-state index contributed by atoms with van der Waals surface area (Å²) in [6.45, 7) is 0. The van der Waals surface area contributed by atoms with Crippen molar-refractivity contribution in [3.63, 3.8) is 0 Å². The molecule has 0 saturated heterocycles. The Morgan fingerprint density at radius 1 is 1.54 bits per heavy atom. The molecule has 0 rings (SSSR count). The molecule has 0 unspecified atom stereocenters. The van der Waals surface area contributed by atoms with Crippen molar-refractivity contribution in [3.05, 3.63) is 0 Å². The van der Waals surface area contributed by atoms with Crippen LogP contribution in [0.15, 0.2) is 0 Å². The fourth-order valence-corrected chi connectivity index (χ4v) is 0.771. The van der Waals surface area contributed by atoms with Crippen LogP contribution in [0.2, 0.25) is 0 Å². The fraction of sp³-hybridized carbons (Fsp3) is 0.625. The number of ether oxygens (including phenoxy) is 1. The number of aliphatic hydroxyl groups excluding tert-OH is 1. The van der Waals surface area contributed by atoms with Crippen molar-refractivity contribution in [3.8, 4) is 6.07 Å². The second-order valence-electron chi connectivity index (χ2n) is 2.51. The van der Waals surface area contributed by atoms with Gasteiger partial charge in [-0.2, -0.15) is 5.26 Å². The van der Waals surface area contributed by atoms with Gasteiger partial charge in [0.2, 0.25) is 0 Å². The average Bonchev–Trinajstić information content (AvgIpc) is 2.04. The predicted molar refractivity (Wildman–Crippen MR) is 42.5 cm³/mol. The summed E-state index contributed by atoms with van der Waals surface area (Å²) < 4.78 is 4.29. The normalized spacial score (nSPS) is 11.5. The average molecular weight is 185 g/mol. The van der Waals surface area contributed by atoms with Crippen LogP contribution in [0.3, 0.4) is 0 Å². The van der Waals surface area contributed by atoms with E-state index < -0.39 is 12.1 Å². The van der Waals surface area contributed by atoms with Crippen LogP contribution in [0.25, 0.3) is 0 Å². The molecule has 0 aromatic carbocycles. The molecule has 0 amide bonds. The molecule has 0 heterocycles. The van der Waals surface area contributed by atoms with E-state index in [1.54, 1.807) is 6.07 Å². The molecule has 0 aromatic rings. The molecule has 0 radical (unpaired) electrons. The van der Waals surface area contributed by atoms with E-state index in [-0.39, 0.29) is 25.0 Å². The number of carbonyl (C=O) groups excluding carboxylic acids is 2. The van der Waals surface area contributed by atoms with Crippen molar-refractivity contribution in [2.75, 3.05) is 7.11 Å². The summed E-state index contributed by atoms with van der Waals surface area (Å²) in [6, 6.07) is 1.66. The van der Waals surface area contributed by atoms with Crippen molar-refractivity contribution in [1.29, 1.82) is 5.26 Å². The number of hydrogen-bond acceptors (Lipinski definition) is 5. The Kier molecular flexibility index (Phi) is 5.48. The smallest absolute Gasteiger partial charge is 0.308 e. The molecule has 13 heavy (non-hydrogen) atoms. The van der Waals surface area contributed by atoms with Crippen LogP contribution < -0.4 is 0 Å². The molecule has 0 aromatic heterocycles. The van der Waals surface area contributed by atoms with Crippen LogP contribution in [0.4, 0.5) is 0 Å². The molecule has 1 N–H and O–H groups in total. The van der Waals surface area contributed by atoms with Crippen LogP contribution in [-0.2, 0) is 14.3 Å². The number of nitriles is 1. The van der Waals surface area contributed by atoms with Crippen LogP contribution >= 0.6 is 0 Å².